The molecule has 1 atom stereocenters. The molecule has 0 aromatic heterocycles. The number of carbonyl (C=O) groups excluding carboxylic acids is 1. The molecular formula is C22H38O2. The molecule has 2 aliphatic carbocycles. The van der Waals surface area contributed by atoms with E-state index in [4.69, 9.17) is 4.74 Å². The molecule has 1 fully saturated rings. The van der Waals surface area contributed by atoms with Crippen LogP contribution in [0.25, 0.3) is 0 Å². The first-order chi connectivity index (χ1) is 11.1. The lowest BCUT2D eigenvalue weighted by molar-refractivity contribution is -0.148. The van der Waals surface area contributed by atoms with E-state index in [-0.39, 0.29) is 12.1 Å². The van der Waals surface area contributed by atoms with Crippen LogP contribution in [0.1, 0.15) is 86.5 Å². The standard InChI is InChI=1S/C12H22O2.C10H16/c1-9(13)14-11-7-5-10(6-8-11)12(2,3)4;1-8(2)10-6-4-9(3)5-7-10/h10-11H,5-8H2,1-4H3;4,10H,1,5-7H2,2-3H3/t10-,11+;10-/m.0/s1. The predicted molar refractivity (Wildman–Crippen MR) is 103 cm³/mol. The van der Waals surface area contributed by atoms with E-state index >= 15 is 0 Å². The van der Waals surface area contributed by atoms with Crippen LogP contribution in [0.3, 0.4) is 0 Å². The van der Waals surface area contributed by atoms with E-state index in [1.807, 2.05) is 0 Å². The monoisotopic (exact) mass is 334 g/mol. The molecule has 0 aliphatic heterocycles. The van der Waals surface area contributed by atoms with Crippen molar-refractivity contribution in [3.63, 3.8) is 0 Å². The minimum atomic E-state index is -0.135. The molecule has 0 amide bonds. The largest absolute Gasteiger partial charge is 0.463 e. The van der Waals surface area contributed by atoms with E-state index < -0.39 is 0 Å². The van der Waals surface area contributed by atoms with Gasteiger partial charge in [0.1, 0.15) is 6.10 Å². The summed E-state index contributed by atoms with van der Waals surface area (Å²) < 4.78 is 5.21. The number of hydrogen-bond acceptors (Lipinski definition) is 2. The zero-order valence-corrected chi connectivity index (χ0v) is 16.8. The zero-order chi connectivity index (χ0) is 18.3. The highest BCUT2D eigenvalue weighted by atomic mass is 16.5. The van der Waals surface area contributed by atoms with E-state index in [0.29, 0.717) is 5.41 Å². The fourth-order valence-corrected chi connectivity index (χ4v) is 3.69. The topological polar surface area (TPSA) is 26.3 Å². The zero-order valence-electron chi connectivity index (χ0n) is 16.8. The van der Waals surface area contributed by atoms with Gasteiger partial charge < -0.3 is 4.74 Å². The first-order valence-electron chi connectivity index (χ1n) is 9.57. The van der Waals surface area contributed by atoms with Crippen LogP contribution >= 0.6 is 0 Å². The Labute approximate surface area is 149 Å². The van der Waals surface area contributed by atoms with Gasteiger partial charge in [-0.3, -0.25) is 4.79 Å². The summed E-state index contributed by atoms with van der Waals surface area (Å²) in [4.78, 5) is 10.8. The summed E-state index contributed by atoms with van der Waals surface area (Å²) in [6.45, 7) is 16.7. The van der Waals surface area contributed by atoms with Crippen LogP contribution in [0.5, 0.6) is 0 Å². The number of esters is 1. The molecule has 2 rings (SSSR count). The third-order valence-electron chi connectivity index (χ3n) is 5.57. The normalized spacial score (nSPS) is 27.4. The average Bonchev–Trinajstić information content (AvgIpc) is 2.47. The Bertz CT molecular complexity index is 445. The Morgan fingerprint density at radius 2 is 1.71 bits per heavy atom. The van der Waals surface area contributed by atoms with E-state index in [1.165, 1.54) is 44.6 Å². The molecule has 2 aliphatic rings. The van der Waals surface area contributed by atoms with Crippen molar-refractivity contribution in [3.05, 3.63) is 23.8 Å². The molecule has 24 heavy (non-hydrogen) atoms. The number of allylic oxidation sites excluding steroid dienone is 3. The van der Waals surface area contributed by atoms with E-state index in [0.717, 1.165) is 24.7 Å². The molecular weight excluding hydrogens is 296 g/mol. The molecule has 0 aromatic rings. The molecule has 0 N–H and O–H groups in total. The van der Waals surface area contributed by atoms with Crippen molar-refractivity contribution in [1.29, 1.82) is 0 Å². The molecule has 0 radical (unpaired) electrons. The van der Waals surface area contributed by atoms with Crippen molar-refractivity contribution >= 4 is 5.97 Å². The van der Waals surface area contributed by atoms with Crippen molar-refractivity contribution in [1.82, 2.24) is 0 Å². The summed E-state index contributed by atoms with van der Waals surface area (Å²) in [5.74, 6) is 1.42. The lowest BCUT2D eigenvalue weighted by atomic mass is 9.72. The number of rotatable bonds is 2. The summed E-state index contributed by atoms with van der Waals surface area (Å²) in [5, 5.41) is 0. The van der Waals surface area contributed by atoms with Gasteiger partial charge in [0.25, 0.3) is 0 Å². The highest BCUT2D eigenvalue weighted by Crippen LogP contribution is 2.38. The van der Waals surface area contributed by atoms with Gasteiger partial charge >= 0.3 is 5.97 Å². The fourth-order valence-electron chi connectivity index (χ4n) is 3.69. The smallest absolute Gasteiger partial charge is 0.302 e. The average molecular weight is 335 g/mol. The molecule has 0 aromatic carbocycles. The van der Waals surface area contributed by atoms with Gasteiger partial charge in [0.15, 0.2) is 0 Å². The molecule has 0 heterocycles. The van der Waals surface area contributed by atoms with Crippen molar-refractivity contribution in [2.45, 2.75) is 92.6 Å². The van der Waals surface area contributed by atoms with Crippen molar-refractivity contribution < 1.29 is 9.53 Å². The second-order valence-electron chi connectivity index (χ2n) is 8.82. The van der Waals surface area contributed by atoms with Crippen LogP contribution in [-0.4, -0.2) is 12.1 Å². The summed E-state index contributed by atoms with van der Waals surface area (Å²) in [7, 11) is 0. The maximum absolute atomic E-state index is 10.8. The molecule has 0 saturated heterocycles. The van der Waals surface area contributed by atoms with Crippen LogP contribution in [-0.2, 0) is 9.53 Å². The maximum Gasteiger partial charge on any atom is 0.302 e. The van der Waals surface area contributed by atoms with Crippen LogP contribution in [0.4, 0.5) is 0 Å². The van der Waals surface area contributed by atoms with E-state index in [1.54, 1.807) is 5.57 Å². The van der Waals surface area contributed by atoms with Gasteiger partial charge in [0.2, 0.25) is 0 Å². The first-order valence-corrected chi connectivity index (χ1v) is 9.57. The quantitative estimate of drug-likeness (QED) is 0.427. The molecule has 1 saturated carbocycles. The lowest BCUT2D eigenvalue weighted by Gasteiger charge is -2.36. The van der Waals surface area contributed by atoms with Gasteiger partial charge in [-0.05, 0) is 76.0 Å². The Morgan fingerprint density at radius 3 is 2.08 bits per heavy atom. The second kappa shape index (κ2) is 9.44. The van der Waals surface area contributed by atoms with Gasteiger partial charge in [-0.25, -0.2) is 0 Å². The Hall–Kier alpha value is -1.05. The summed E-state index contributed by atoms with van der Waals surface area (Å²) in [6, 6.07) is 0. The molecule has 2 heteroatoms. The van der Waals surface area contributed by atoms with Gasteiger partial charge in [-0.1, -0.05) is 44.6 Å². The number of carbonyl (C=O) groups is 1. The lowest BCUT2D eigenvalue weighted by Crippen LogP contribution is -2.29. The Balaban J connectivity index is 0.000000254. The third kappa shape index (κ3) is 7.68. The fraction of sp³-hybridized carbons (Fsp3) is 0.773. The molecule has 0 unspecified atom stereocenters. The number of hydrogen-bond donors (Lipinski definition) is 0. The summed E-state index contributed by atoms with van der Waals surface area (Å²) in [5.41, 5.74) is 3.31. The van der Waals surface area contributed by atoms with Crippen molar-refractivity contribution in [2.24, 2.45) is 17.3 Å². The predicted octanol–water partition coefficient (Wildman–Crippen LogP) is 6.46. The Kier molecular flexibility index (Phi) is 8.26. The Morgan fingerprint density at radius 1 is 1.12 bits per heavy atom. The number of ether oxygens (including phenoxy) is 1. The first kappa shape index (κ1) is 21.0. The minimum Gasteiger partial charge on any atom is -0.463 e. The third-order valence-corrected chi connectivity index (χ3v) is 5.57. The van der Waals surface area contributed by atoms with Gasteiger partial charge in [0.05, 0.1) is 0 Å². The van der Waals surface area contributed by atoms with Crippen LogP contribution < -0.4 is 0 Å². The van der Waals surface area contributed by atoms with E-state index in [2.05, 4.69) is 47.3 Å². The van der Waals surface area contributed by atoms with Crippen LogP contribution in [0.2, 0.25) is 0 Å². The van der Waals surface area contributed by atoms with Gasteiger partial charge in [-0.2, -0.15) is 0 Å². The summed E-state index contributed by atoms with van der Waals surface area (Å²) >= 11 is 0. The molecule has 0 bridgehead atoms. The second-order valence-corrected chi connectivity index (χ2v) is 8.82. The summed E-state index contributed by atoms with van der Waals surface area (Å²) in [6.07, 6.45) is 10.8. The van der Waals surface area contributed by atoms with Crippen LogP contribution in [0, 0.1) is 17.3 Å². The highest BCUT2D eigenvalue weighted by Gasteiger charge is 2.30. The minimum absolute atomic E-state index is 0.135. The molecule has 138 valence electrons. The van der Waals surface area contributed by atoms with Gasteiger partial charge in [0, 0.05) is 6.92 Å². The molecule has 2 nitrogen and oxygen atoms in total. The van der Waals surface area contributed by atoms with E-state index in [9.17, 15) is 4.79 Å². The molecule has 0 spiro atoms. The van der Waals surface area contributed by atoms with Gasteiger partial charge in [-0.15, -0.1) is 0 Å². The van der Waals surface area contributed by atoms with Crippen molar-refractivity contribution in [2.75, 3.05) is 0 Å². The van der Waals surface area contributed by atoms with Crippen LogP contribution in [0.15, 0.2) is 23.8 Å². The SMILES string of the molecule is C=C(C)[C@H]1CC=C(C)CC1.CC(=O)O[C@H]1CC[C@@H](C(C)(C)C)CC1. The highest BCUT2D eigenvalue weighted by molar-refractivity contribution is 5.66. The maximum atomic E-state index is 10.8. The van der Waals surface area contributed by atoms with Crippen molar-refractivity contribution in [3.8, 4) is 0 Å².